The summed E-state index contributed by atoms with van der Waals surface area (Å²) in [6.45, 7) is 9.62. The van der Waals surface area contributed by atoms with Crippen molar-refractivity contribution < 1.29 is 18.3 Å². The van der Waals surface area contributed by atoms with E-state index in [0.717, 1.165) is 6.42 Å². The van der Waals surface area contributed by atoms with E-state index in [4.69, 9.17) is 4.74 Å². The largest absolute Gasteiger partial charge is 0.377 e. The van der Waals surface area contributed by atoms with E-state index in [1.807, 2.05) is 0 Å². The highest BCUT2D eigenvalue weighted by Crippen LogP contribution is 2.34. The molecule has 1 heterocycles. The maximum atomic E-state index is 13.8. The second-order valence-corrected chi connectivity index (χ2v) is 7.61. The van der Waals surface area contributed by atoms with Gasteiger partial charge in [0.05, 0.1) is 12.6 Å². The predicted octanol–water partition coefficient (Wildman–Crippen LogP) is 3.95. The van der Waals surface area contributed by atoms with Gasteiger partial charge in [-0.1, -0.05) is 26.8 Å². The lowest BCUT2D eigenvalue weighted by Crippen LogP contribution is -2.44. The summed E-state index contributed by atoms with van der Waals surface area (Å²) in [5.74, 6) is -1.03. The minimum atomic E-state index is -0.636. The number of hydrogen-bond acceptors (Lipinski definition) is 2. The number of ether oxygens (including phenoxy) is 1. The van der Waals surface area contributed by atoms with Crippen LogP contribution in [0.2, 0.25) is 0 Å². The fourth-order valence-electron chi connectivity index (χ4n) is 3.33. The number of hydrogen-bond donors (Lipinski definition) is 1. The number of urea groups is 1. The first-order chi connectivity index (χ1) is 11.7. The molecule has 0 radical (unpaired) electrons. The van der Waals surface area contributed by atoms with Gasteiger partial charge in [0.1, 0.15) is 11.6 Å². The van der Waals surface area contributed by atoms with Gasteiger partial charge in [0.15, 0.2) is 0 Å². The lowest BCUT2D eigenvalue weighted by molar-refractivity contribution is 0.00754. The van der Waals surface area contributed by atoms with Crippen molar-refractivity contribution in [3.8, 4) is 0 Å². The molecule has 0 aromatic heterocycles. The minimum Gasteiger partial charge on any atom is -0.377 e. The van der Waals surface area contributed by atoms with Gasteiger partial charge in [-0.3, -0.25) is 0 Å². The molecule has 1 aromatic rings. The van der Waals surface area contributed by atoms with E-state index in [9.17, 15) is 13.6 Å². The third-order valence-corrected chi connectivity index (χ3v) is 4.66. The zero-order chi connectivity index (χ0) is 18.6. The van der Waals surface area contributed by atoms with Crippen molar-refractivity contribution >= 4 is 6.03 Å². The van der Waals surface area contributed by atoms with Gasteiger partial charge >= 0.3 is 6.03 Å². The number of rotatable bonds is 5. The van der Waals surface area contributed by atoms with Gasteiger partial charge in [-0.05, 0) is 30.9 Å². The van der Waals surface area contributed by atoms with Crippen LogP contribution < -0.4 is 5.32 Å². The summed E-state index contributed by atoms with van der Waals surface area (Å²) >= 11 is 0. The molecule has 1 aliphatic rings. The smallest absolute Gasteiger partial charge is 0.317 e. The molecule has 1 N–H and O–H groups in total. The Balaban J connectivity index is 1.96. The van der Waals surface area contributed by atoms with Crippen LogP contribution in [-0.4, -0.2) is 36.7 Å². The van der Waals surface area contributed by atoms with E-state index in [-0.39, 0.29) is 35.6 Å². The Morgan fingerprint density at radius 2 is 1.96 bits per heavy atom. The number of benzene rings is 1. The fourth-order valence-corrected chi connectivity index (χ4v) is 3.33. The number of carbonyl (C=O) groups is 1. The molecule has 1 aromatic carbocycles. The summed E-state index contributed by atoms with van der Waals surface area (Å²) in [7, 11) is 0. The van der Waals surface area contributed by atoms with Crippen LogP contribution in [0.15, 0.2) is 18.2 Å². The summed E-state index contributed by atoms with van der Waals surface area (Å²) in [6.07, 6.45) is 0.989. The fraction of sp³-hybridized carbons (Fsp3) is 0.632. The van der Waals surface area contributed by atoms with Crippen LogP contribution in [-0.2, 0) is 11.3 Å². The van der Waals surface area contributed by atoms with Gasteiger partial charge in [0.2, 0.25) is 0 Å². The average Bonchev–Trinajstić information content (AvgIpc) is 3.01. The monoisotopic (exact) mass is 354 g/mol. The Labute approximate surface area is 148 Å². The summed E-state index contributed by atoms with van der Waals surface area (Å²) in [5.41, 5.74) is -0.0802. The number of nitrogens with one attached hydrogen (secondary N) is 1. The molecule has 4 nitrogen and oxygen atoms in total. The SMILES string of the molecule is CCN(Cc1c(F)cccc1F)C(=O)NC[C@H]1CCO[C@@H]1C(C)(C)C. The average molecular weight is 354 g/mol. The number of carbonyl (C=O) groups excluding carboxylic acids is 1. The van der Waals surface area contributed by atoms with Crippen molar-refractivity contribution in [2.45, 2.75) is 46.8 Å². The van der Waals surface area contributed by atoms with E-state index >= 15 is 0 Å². The maximum Gasteiger partial charge on any atom is 0.317 e. The van der Waals surface area contributed by atoms with E-state index in [1.54, 1.807) is 6.92 Å². The predicted molar refractivity (Wildman–Crippen MR) is 93.1 cm³/mol. The second kappa shape index (κ2) is 8.13. The van der Waals surface area contributed by atoms with Crippen molar-refractivity contribution in [2.75, 3.05) is 19.7 Å². The van der Waals surface area contributed by atoms with Crippen LogP contribution in [0, 0.1) is 23.0 Å². The van der Waals surface area contributed by atoms with Gasteiger partial charge in [0.25, 0.3) is 0 Å². The lowest BCUT2D eigenvalue weighted by atomic mass is 9.81. The van der Waals surface area contributed by atoms with Gasteiger partial charge in [-0.15, -0.1) is 0 Å². The molecule has 0 unspecified atom stereocenters. The lowest BCUT2D eigenvalue weighted by Gasteiger charge is -2.31. The Morgan fingerprint density at radius 3 is 2.52 bits per heavy atom. The molecular weight excluding hydrogens is 326 g/mol. The molecule has 6 heteroatoms. The molecule has 0 spiro atoms. The van der Waals surface area contributed by atoms with Crippen LogP contribution >= 0.6 is 0 Å². The molecule has 0 aliphatic carbocycles. The maximum absolute atomic E-state index is 13.8. The highest BCUT2D eigenvalue weighted by Gasteiger charge is 2.37. The van der Waals surface area contributed by atoms with Gasteiger partial charge in [-0.25, -0.2) is 13.6 Å². The first kappa shape index (κ1) is 19.6. The van der Waals surface area contributed by atoms with E-state index < -0.39 is 11.6 Å². The second-order valence-electron chi connectivity index (χ2n) is 7.61. The highest BCUT2D eigenvalue weighted by molar-refractivity contribution is 5.74. The van der Waals surface area contributed by atoms with Crippen LogP contribution in [0.4, 0.5) is 13.6 Å². The molecule has 140 valence electrons. The summed E-state index contributed by atoms with van der Waals surface area (Å²) in [5, 5.41) is 2.90. The van der Waals surface area contributed by atoms with Crippen LogP contribution in [0.25, 0.3) is 0 Å². The molecule has 2 amide bonds. The first-order valence-electron chi connectivity index (χ1n) is 8.81. The highest BCUT2D eigenvalue weighted by atomic mass is 19.1. The molecule has 0 bridgehead atoms. The summed E-state index contributed by atoms with van der Waals surface area (Å²) in [6, 6.07) is 3.41. The zero-order valence-electron chi connectivity index (χ0n) is 15.4. The molecule has 25 heavy (non-hydrogen) atoms. The molecule has 2 atom stereocenters. The van der Waals surface area contributed by atoms with Crippen molar-refractivity contribution in [3.05, 3.63) is 35.4 Å². The van der Waals surface area contributed by atoms with Crippen molar-refractivity contribution in [3.63, 3.8) is 0 Å². The molecule has 1 saturated heterocycles. The Bertz CT molecular complexity index is 581. The van der Waals surface area contributed by atoms with Crippen molar-refractivity contribution in [2.24, 2.45) is 11.3 Å². The molecule has 1 aliphatic heterocycles. The molecular formula is C19H28F2N2O2. The molecule has 2 rings (SSSR count). The topological polar surface area (TPSA) is 41.6 Å². The number of nitrogens with zero attached hydrogens (tertiary/aromatic N) is 1. The van der Waals surface area contributed by atoms with Gasteiger partial charge in [-0.2, -0.15) is 0 Å². The minimum absolute atomic E-state index is 0.00658. The Kier molecular flexibility index (Phi) is 6.38. The van der Waals surface area contributed by atoms with E-state index in [0.29, 0.717) is 19.7 Å². The van der Waals surface area contributed by atoms with E-state index in [2.05, 4.69) is 26.1 Å². The van der Waals surface area contributed by atoms with Crippen LogP contribution in [0.1, 0.15) is 39.7 Å². The summed E-state index contributed by atoms with van der Waals surface area (Å²) < 4.78 is 33.4. The number of amides is 2. The van der Waals surface area contributed by atoms with Crippen LogP contribution in [0.5, 0.6) is 0 Å². The molecule has 0 saturated carbocycles. The van der Waals surface area contributed by atoms with Gasteiger partial charge in [0, 0.05) is 31.2 Å². The first-order valence-corrected chi connectivity index (χ1v) is 8.81. The van der Waals surface area contributed by atoms with Crippen molar-refractivity contribution in [1.82, 2.24) is 10.2 Å². The zero-order valence-corrected chi connectivity index (χ0v) is 15.4. The normalized spacial score (nSPS) is 20.6. The Hall–Kier alpha value is -1.69. The third-order valence-electron chi connectivity index (χ3n) is 4.66. The van der Waals surface area contributed by atoms with Gasteiger partial charge < -0.3 is 15.0 Å². The molecule has 1 fully saturated rings. The summed E-state index contributed by atoms with van der Waals surface area (Å²) in [4.78, 5) is 13.8. The third kappa shape index (κ3) is 4.91. The van der Waals surface area contributed by atoms with E-state index in [1.165, 1.54) is 23.1 Å². The quantitative estimate of drug-likeness (QED) is 0.870. The van der Waals surface area contributed by atoms with Crippen molar-refractivity contribution in [1.29, 1.82) is 0 Å². The Morgan fingerprint density at radius 1 is 1.32 bits per heavy atom. The number of halogens is 2. The standard InChI is InChI=1S/C19H28F2N2O2/c1-5-23(12-14-15(20)7-6-8-16(14)21)18(24)22-11-13-9-10-25-17(13)19(2,3)4/h6-8,13,17H,5,9-12H2,1-4H3,(H,22,24)/t13-,17+/m1/s1. The van der Waals surface area contributed by atoms with Crippen LogP contribution in [0.3, 0.4) is 0 Å².